The van der Waals surface area contributed by atoms with Crippen molar-refractivity contribution in [2.75, 3.05) is 0 Å². The summed E-state index contributed by atoms with van der Waals surface area (Å²) in [4.78, 5) is 4.47. The van der Waals surface area contributed by atoms with E-state index in [1.165, 1.54) is 23.4 Å². The van der Waals surface area contributed by atoms with Gasteiger partial charge in [-0.15, -0.1) is 12.4 Å². The Hall–Kier alpha value is -2.56. The standard InChI is InChI=1S/C23H20ClFN2O.ClH/c1-15-16(2)27(13-17-3-7-19(24)8-4-17)22-21(15)11-12-26-23(22)28-14-18-5-9-20(25)10-6-18;/h3-12H,13-14H2,1-2H3;1H. The van der Waals surface area contributed by atoms with Crippen LogP contribution >= 0.6 is 24.0 Å². The third kappa shape index (κ3) is 4.39. The largest absolute Gasteiger partial charge is 0.471 e. The molecule has 6 heteroatoms. The van der Waals surface area contributed by atoms with Gasteiger partial charge in [-0.1, -0.05) is 35.9 Å². The smallest absolute Gasteiger partial charge is 0.238 e. The third-order valence-electron chi connectivity index (χ3n) is 5.05. The quantitative estimate of drug-likeness (QED) is 0.361. The molecule has 0 bridgehead atoms. The molecular weight excluding hydrogens is 410 g/mol. The SMILES string of the molecule is Cc1c(C)n(Cc2ccc(Cl)cc2)c2c(OCc3ccc(F)cc3)nccc12.Cl. The van der Waals surface area contributed by atoms with Gasteiger partial charge in [0, 0.05) is 28.8 Å². The summed E-state index contributed by atoms with van der Waals surface area (Å²) in [5.41, 5.74) is 5.39. The van der Waals surface area contributed by atoms with Crippen molar-refractivity contribution in [3.63, 3.8) is 0 Å². The maximum atomic E-state index is 13.1. The number of aromatic nitrogens is 2. The zero-order valence-electron chi connectivity index (χ0n) is 16.2. The van der Waals surface area contributed by atoms with E-state index in [0.717, 1.165) is 27.1 Å². The summed E-state index contributed by atoms with van der Waals surface area (Å²) in [7, 11) is 0. The molecule has 0 saturated heterocycles. The number of halogens is 3. The first kappa shape index (κ1) is 21.2. The van der Waals surface area contributed by atoms with Gasteiger partial charge < -0.3 is 9.30 Å². The molecule has 0 N–H and O–H groups in total. The maximum Gasteiger partial charge on any atom is 0.238 e. The Morgan fingerprint density at radius 1 is 0.966 bits per heavy atom. The van der Waals surface area contributed by atoms with E-state index in [-0.39, 0.29) is 18.2 Å². The van der Waals surface area contributed by atoms with E-state index < -0.39 is 0 Å². The van der Waals surface area contributed by atoms with Crippen LogP contribution in [0.3, 0.4) is 0 Å². The molecule has 0 spiro atoms. The van der Waals surface area contributed by atoms with Crippen molar-refractivity contribution >= 4 is 34.9 Å². The summed E-state index contributed by atoms with van der Waals surface area (Å²) in [6.07, 6.45) is 1.77. The van der Waals surface area contributed by atoms with Crippen molar-refractivity contribution in [1.82, 2.24) is 9.55 Å². The van der Waals surface area contributed by atoms with E-state index in [2.05, 4.69) is 23.4 Å². The van der Waals surface area contributed by atoms with Crippen molar-refractivity contribution in [3.8, 4) is 5.88 Å². The van der Waals surface area contributed by atoms with Gasteiger partial charge in [0.15, 0.2) is 0 Å². The second-order valence-corrected chi connectivity index (χ2v) is 7.29. The van der Waals surface area contributed by atoms with Gasteiger partial charge in [0.1, 0.15) is 17.9 Å². The van der Waals surface area contributed by atoms with Crippen LogP contribution in [0.15, 0.2) is 60.8 Å². The summed E-state index contributed by atoms with van der Waals surface area (Å²) in [5.74, 6) is 0.319. The van der Waals surface area contributed by atoms with E-state index in [1.807, 2.05) is 30.3 Å². The Bertz CT molecular complexity index is 1120. The molecule has 29 heavy (non-hydrogen) atoms. The van der Waals surface area contributed by atoms with Gasteiger partial charge in [0.05, 0.1) is 0 Å². The first-order valence-corrected chi connectivity index (χ1v) is 9.47. The van der Waals surface area contributed by atoms with Crippen LogP contribution in [0.25, 0.3) is 10.9 Å². The van der Waals surface area contributed by atoms with Crippen LogP contribution in [0.2, 0.25) is 5.02 Å². The zero-order chi connectivity index (χ0) is 19.7. The molecule has 0 atom stereocenters. The van der Waals surface area contributed by atoms with Gasteiger partial charge in [-0.25, -0.2) is 9.37 Å². The Kier molecular flexibility index (Phi) is 6.46. The number of rotatable bonds is 5. The molecule has 4 aromatic rings. The minimum absolute atomic E-state index is 0. The first-order valence-electron chi connectivity index (χ1n) is 9.09. The van der Waals surface area contributed by atoms with Gasteiger partial charge in [-0.2, -0.15) is 0 Å². The van der Waals surface area contributed by atoms with Crippen molar-refractivity contribution in [3.05, 3.63) is 94.0 Å². The first-order chi connectivity index (χ1) is 13.5. The van der Waals surface area contributed by atoms with Gasteiger partial charge in [-0.3, -0.25) is 0 Å². The normalized spacial score (nSPS) is 10.8. The highest BCUT2D eigenvalue weighted by atomic mass is 35.5. The number of hydrogen-bond donors (Lipinski definition) is 0. The van der Waals surface area contributed by atoms with Crippen LogP contribution in [0, 0.1) is 19.7 Å². The van der Waals surface area contributed by atoms with Crippen LogP contribution in [-0.2, 0) is 13.2 Å². The predicted molar refractivity (Wildman–Crippen MR) is 118 cm³/mol. The van der Waals surface area contributed by atoms with E-state index in [9.17, 15) is 4.39 Å². The number of fused-ring (bicyclic) bond motifs is 1. The molecule has 3 nitrogen and oxygen atoms in total. The van der Waals surface area contributed by atoms with Crippen LogP contribution in [0.4, 0.5) is 4.39 Å². The fourth-order valence-electron chi connectivity index (χ4n) is 3.37. The summed E-state index contributed by atoms with van der Waals surface area (Å²) >= 11 is 6.02. The monoisotopic (exact) mass is 430 g/mol. The maximum absolute atomic E-state index is 13.1. The summed E-state index contributed by atoms with van der Waals surface area (Å²) < 4.78 is 21.4. The molecule has 0 radical (unpaired) electrons. The molecule has 0 aliphatic carbocycles. The Morgan fingerprint density at radius 2 is 1.62 bits per heavy atom. The molecule has 0 amide bonds. The fraction of sp³-hybridized carbons (Fsp3) is 0.174. The van der Waals surface area contributed by atoms with Gasteiger partial charge in [0.2, 0.25) is 5.88 Å². The molecule has 2 aromatic heterocycles. The summed E-state index contributed by atoms with van der Waals surface area (Å²) in [6, 6.07) is 16.2. The second kappa shape index (κ2) is 8.85. The van der Waals surface area contributed by atoms with Crippen molar-refractivity contribution < 1.29 is 9.13 Å². The minimum Gasteiger partial charge on any atom is -0.471 e. The Morgan fingerprint density at radius 3 is 2.31 bits per heavy atom. The van der Waals surface area contributed by atoms with Crippen molar-refractivity contribution in [2.45, 2.75) is 27.0 Å². The molecule has 2 heterocycles. The predicted octanol–water partition coefficient (Wildman–Crippen LogP) is 6.49. The lowest BCUT2D eigenvalue weighted by atomic mass is 10.2. The molecule has 0 unspecified atom stereocenters. The van der Waals surface area contributed by atoms with Crippen LogP contribution in [0.5, 0.6) is 5.88 Å². The van der Waals surface area contributed by atoms with Crippen molar-refractivity contribution in [2.24, 2.45) is 0 Å². The molecule has 2 aromatic carbocycles. The molecule has 0 saturated carbocycles. The lowest BCUT2D eigenvalue weighted by molar-refractivity contribution is 0.296. The lowest BCUT2D eigenvalue weighted by Crippen LogP contribution is -2.05. The van der Waals surface area contributed by atoms with E-state index >= 15 is 0 Å². The van der Waals surface area contributed by atoms with Gasteiger partial charge >= 0.3 is 0 Å². The molecule has 4 rings (SSSR count). The number of nitrogens with zero attached hydrogens (tertiary/aromatic N) is 2. The van der Waals surface area contributed by atoms with Crippen LogP contribution in [-0.4, -0.2) is 9.55 Å². The minimum atomic E-state index is -0.257. The van der Waals surface area contributed by atoms with E-state index in [4.69, 9.17) is 16.3 Å². The summed E-state index contributed by atoms with van der Waals surface area (Å²) in [5, 5.41) is 1.84. The zero-order valence-corrected chi connectivity index (χ0v) is 17.7. The van der Waals surface area contributed by atoms with Gasteiger partial charge in [0.25, 0.3) is 0 Å². The number of hydrogen-bond acceptors (Lipinski definition) is 2. The Labute approximate surface area is 180 Å². The average molecular weight is 431 g/mol. The third-order valence-corrected chi connectivity index (χ3v) is 5.31. The highest BCUT2D eigenvalue weighted by Crippen LogP contribution is 2.32. The fourth-order valence-corrected chi connectivity index (χ4v) is 3.50. The average Bonchev–Trinajstić information content (AvgIpc) is 2.95. The van der Waals surface area contributed by atoms with Crippen LogP contribution < -0.4 is 4.74 Å². The molecule has 0 aliphatic rings. The Balaban J connectivity index is 0.00000240. The number of ether oxygens (including phenoxy) is 1. The van der Waals surface area contributed by atoms with E-state index in [0.29, 0.717) is 19.0 Å². The van der Waals surface area contributed by atoms with Crippen LogP contribution in [0.1, 0.15) is 22.4 Å². The number of pyridine rings is 1. The summed E-state index contributed by atoms with van der Waals surface area (Å²) in [6.45, 7) is 5.25. The second-order valence-electron chi connectivity index (χ2n) is 6.85. The molecule has 150 valence electrons. The molecule has 0 fully saturated rings. The highest BCUT2D eigenvalue weighted by Gasteiger charge is 2.16. The van der Waals surface area contributed by atoms with E-state index in [1.54, 1.807) is 18.3 Å². The number of benzene rings is 2. The topological polar surface area (TPSA) is 27.1 Å². The molecule has 0 aliphatic heterocycles. The lowest BCUT2D eigenvalue weighted by Gasteiger charge is -2.12. The molecular formula is C23H21Cl2FN2O. The highest BCUT2D eigenvalue weighted by molar-refractivity contribution is 6.30. The number of aryl methyl sites for hydroxylation is 1. The van der Waals surface area contributed by atoms with Gasteiger partial charge in [-0.05, 0) is 60.9 Å². The van der Waals surface area contributed by atoms with Crippen molar-refractivity contribution in [1.29, 1.82) is 0 Å².